The minimum Gasteiger partial charge on any atom is -0.471 e. The van der Waals surface area contributed by atoms with Gasteiger partial charge in [-0.25, -0.2) is 4.79 Å². The van der Waals surface area contributed by atoms with Crippen LogP contribution in [0.25, 0.3) is 21.8 Å². The van der Waals surface area contributed by atoms with E-state index < -0.39 is 61.4 Å². The van der Waals surface area contributed by atoms with Gasteiger partial charge in [0.25, 0.3) is 0 Å². The number of fused-ring (bicyclic) bond motifs is 3. The summed E-state index contributed by atoms with van der Waals surface area (Å²) in [5, 5.41) is 42.2. The predicted octanol–water partition coefficient (Wildman–Crippen LogP) is 0.907. The van der Waals surface area contributed by atoms with Crippen molar-refractivity contribution in [2.24, 2.45) is 11.8 Å². The third-order valence-corrected chi connectivity index (χ3v) is 7.24. The predicted molar refractivity (Wildman–Crippen MR) is 134 cm³/mol. The van der Waals surface area contributed by atoms with E-state index in [0.717, 1.165) is 21.8 Å². The Morgan fingerprint density at radius 2 is 1.92 bits per heavy atom. The van der Waals surface area contributed by atoms with Crippen LogP contribution in [0.5, 0.6) is 0 Å². The summed E-state index contributed by atoms with van der Waals surface area (Å²) < 4.78 is 22.1. The number of ether oxygens (including phenoxy) is 4. The number of aromatic nitrogens is 2. The van der Waals surface area contributed by atoms with Crippen LogP contribution < -0.4 is 0 Å². The number of aromatic amines is 1. The summed E-state index contributed by atoms with van der Waals surface area (Å²) >= 11 is 0. The van der Waals surface area contributed by atoms with Crippen molar-refractivity contribution < 1.29 is 44.2 Å². The monoisotopic (exact) mass is 526 g/mol. The first-order valence-corrected chi connectivity index (χ1v) is 12.2. The SMILES string of the molecule is C=CC1C(O[C@@H]2O[C@H](CO)[C@@H](O)[C@H](O)[C@H]2O)OC=C(C(=O)OC)C1Cc1nccc2c1[nH]c1ccccc12. The number of hydrogen-bond acceptors (Lipinski definition) is 10. The van der Waals surface area contributed by atoms with Crippen LogP contribution in [-0.2, 0) is 30.2 Å². The molecule has 8 atom stereocenters. The van der Waals surface area contributed by atoms with Gasteiger partial charge in [-0.15, -0.1) is 6.58 Å². The zero-order chi connectivity index (χ0) is 27.0. The number of carbonyl (C=O) groups excluding carboxylic acids is 1. The fraction of sp³-hybridized carbons (Fsp3) is 0.407. The number of carbonyl (C=O) groups is 1. The molecule has 1 saturated heterocycles. The Bertz CT molecular complexity index is 1350. The van der Waals surface area contributed by atoms with Crippen molar-refractivity contribution in [3.63, 3.8) is 0 Å². The van der Waals surface area contributed by atoms with Gasteiger partial charge in [-0.1, -0.05) is 24.3 Å². The first-order chi connectivity index (χ1) is 18.4. The molecular formula is C27H30N2O9. The van der Waals surface area contributed by atoms with Crippen LogP contribution in [-0.4, -0.2) is 87.1 Å². The average Bonchev–Trinajstić information content (AvgIpc) is 3.33. The third-order valence-electron chi connectivity index (χ3n) is 7.24. The summed E-state index contributed by atoms with van der Waals surface area (Å²) in [4.78, 5) is 20.7. The summed E-state index contributed by atoms with van der Waals surface area (Å²) in [6, 6.07) is 9.82. The van der Waals surface area contributed by atoms with Gasteiger partial charge in [0, 0.05) is 34.3 Å². The van der Waals surface area contributed by atoms with Crippen LogP contribution in [0.3, 0.4) is 0 Å². The highest BCUT2D eigenvalue weighted by molar-refractivity contribution is 6.07. The summed E-state index contributed by atoms with van der Waals surface area (Å²) in [6.07, 6.45) is -3.61. The quantitative estimate of drug-likeness (QED) is 0.221. The van der Waals surface area contributed by atoms with Crippen molar-refractivity contribution in [1.29, 1.82) is 0 Å². The summed E-state index contributed by atoms with van der Waals surface area (Å²) in [6.45, 7) is 3.31. The minimum atomic E-state index is -1.62. The van der Waals surface area contributed by atoms with Crippen LogP contribution >= 0.6 is 0 Å². The third kappa shape index (κ3) is 4.57. The number of esters is 1. The van der Waals surface area contributed by atoms with E-state index in [0.29, 0.717) is 12.1 Å². The van der Waals surface area contributed by atoms with Crippen LogP contribution in [0.4, 0.5) is 0 Å². The van der Waals surface area contributed by atoms with E-state index in [2.05, 4.69) is 16.5 Å². The van der Waals surface area contributed by atoms with Gasteiger partial charge in [0.1, 0.15) is 24.4 Å². The molecule has 0 amide bonds. The summed E-state index contributed by atoms with van der Waals surface area (Å²) in [7, 11) is 1.27. The summed E-state index contributed by atoms with van der Waals surface area (Å²) in [5.41, 5.74) is 2.75. The Kier molecular flexibility index (Phi) is 7.48. The van der Waals surface area contributed by atoms with Crippen LogP contribution in [0.1, 0.15) is 5.69 Å². The molecule has 3 unspecified atom stereocenters. The van der Waals surface area contributed by atoms with Crippen molar-refractivity contribution >= 4 is 27.8 Å². The van der Waals surface area contributed by atoms with Gasteiger partial charge in [0.15, 0.2) is 6.29 Å². The van der Waals surface area contributed by atoms with Gasteiger partial charge in [0.2, 0.25) is 6.29 Å². The highest BCUT2D eigenvalue weighted by Gasteiger charge is 2.47. The highest BCUT2D eigenvalue weighted by Crippen LogP contribution is 2.38. The minimum absolute atomic E-state index is 0.251. The lowest BCUT2D eigenvalue weighted by molar-refractivity contribution is -0.339. The second-order valence-electron chi connectivity index (χ2n) is 9.38. The van der Waals surface area contributed by atoms with Crippen molar-refractivity contribution in [2.75, 3.05) is 13.7 Å². The maximum Gasteiger partial charge on any atom is 0.337 e. The molecule has 4 heterocycles. The number of H-pyrrole nitrogens is 1. The Labute approximate surface area is 217 Å². The van der Waals surface area contributed by atoms with Crippen LogP contribution in [0.15, 0.2) is 61.0 Å². The first-order valence-electron chi connectivity index (χ1n) is 12.2. The Morgan fingerprint density at radius 1 is 1.13 bits per heavy atom. The molecule has 2 aromatic heterocycles. The van der Waals surface area contributed by atoms with E-state index in [-0.39, 0.29) is 5.57 Å². The fourth-order valence-corrected chi connectivity index (χ4v) is 5.18. The highest BCUT2D eigenvalue weighted by atomic mass is 16.8. The van der Waals surface area contributed by atoms with E-state index in [9.17, 15) is 25.2 Å². The normalized spacial score (nSPS) is 31.6. The molecule has 5 N–H and O–H groups in total. The average molecular weight is 527 g/mol. The van der Waals surface area contributed by atoms with Crippen LogP contribution in [0.2, 0.25) is 0 Å². The van der Waals surface area contributed by atoms with E-state index >= 15 is 0 Å². The number of pyridine rings is 1. The van der Waals surface area contributed by atoms with Crippen molar-refractivity contribution in [3.8, 4) is 0 Å². The number of aliphatic hydroxyl groups excluding tert-OH is 4. The zero-order valence-corrected chi connectivity index (χ0v) is 20.6. The lowest BCUT2D eigenvalue weighted by atomic mass is 9.80. The molecule has 1 aromatic carbocycles. The summed E-state index contributed by atoms with van der Waals surface area (Å²) in [5.74, 6) is -1.77. The molecule has 0 spiro atoms. The molecule has 0 bridgehead atoms. The number of nitrogens with one attached hydrogen (secondary N) is 1. The number of benzene rings is 1. The van der Waals surface area contributed by atoms with E-state index in [1.807, 2.05) is 30.3 Å². The molecule has 0 radical (unpaired) electrons. The van der Waals surface area contributed by atoms with E-state index in [1.54, 1.807) is 12.3 Å². The van der Waals surface area contributed by atoms with E-state index in [4.69, 9.17) is 18.9 Å². The largest absolute Gasteiger partial charge is 0.471 e. The maximum atomic E-state index is 12.7. The molecule has 3 aromatic rings. The molecule has 11 heteroatoms. The number of methoxy groups -OCH3 is 1. The van der Waals surface area contributed by atoms with Crippen molar-refractivity contribution in [2.45, 2.75) is 43.4 Å². The number of nitrogens with zero attached hydrogens (tertiary/aromatic N) is 1. The molecule has 38 heavy (non-hydrogen) atoms. The Balaban J connectivity index is 1.48. The fourth-order valence-electron chi connectivity index (χ4n) is 5.18. The smallest absolute Gasteiger partial charge is 0.337 e. The number of rotatable bonds is 7. The topological polar surface area (TPSA) is 164 Å². The maximum absolute atomic E-state index is 12.7. The second-order valence-corrected chi connectivity index (χ2v) is 9.38. The van der Waals surface area contributed by atoms with Gasteiger partial charge in [0.05, 0.1) is 36.8 Å². The molecule has 0 saturated carbocycles. The second kappa shape index (κ2) is 10.8. The molecule has 11 nitrogen and oxygen atoms in total. The number of aliphatic hydroxyl groups is 4. The van der Waals surface area contributed by atoms with Crippen molar-refractivity contribution in [3.05, 3.63) is 66.7 Å². The molecule has 2 aliphatic heterocycles. The standard InChI is InChI=1S/C27H30N2O9/c1-3-13-16(10-19-21-15(8-9-28-19)14-6-4-5-7-18(14)29-21)17(25(34)35-2)12-36-26(13)38-27-24(33)23(32)22(31)20(11-30)37-27/h3-9,12-13,16,20,22-24,26-27,29-33H,1,10-11H2,2H3/t13?,16?,20-,22-,23+,24-,26?,27+/m1/s1. The molecule has 1 fully saturated rings. The lowest BCUT2D eigenvalue weighted by Crippen LogP contribution is -2.60. The van der Waals surface area contributed by atoms with Gasteiger partial charge in [-0.05, 0) is 18.6 Å². The number of hydrogen-bond donors (Lipinski definition) is 5. The van der Waals surface area contributed by atoms with Gasteiger partial charge >= 0.3 is 5.97 Å². The molecule has 5 rings (SSSR count). The van der Waals surface area contributed by atoms with Gasteiger partial charge in [-0.3, -0.25) is 4.98 Å². The molecule has 0 aliphatic carbocycles. The molecule has 202 valence electrons. The van der Waals surface area contributed by atoms with Crippen LogP contribution in [0, 0.1) is 11.8 Å². The number of para-hydroxylation sites is 1. The Hall–Kier alpha value is -3.32. The Morgan fingerprint density at radius 3 is 2.66 bits per heavy atom. The lowest BCUT2D eigenvalue weighted by Gasteiger charge is -2.43. The zero-order valence-electron chi connectivity index (χ0n) is 20.6. The van der Waals surface area contributed by atoms with Crippen molar-refractivity contribution in [1.82, 2.24) is 9.97 Å². The molecule has 2 aliphatic rings. The van der Waals surface area contributed by atoms with E-state index in [1.165, 1.54) is 13.4 Å². The molecular weight excluding hydrogens is 496 g/mol. The van der Waals surface area contributed by atoms with Gasteiger partial charge in [-0.2, -0.15) is 0 Å². The van der Waals surface area contributed by atoms with Gasteiger partial charge < -0.3 is 44.4 Å². The first kappa shape index (κ1) is 26.3.